The van der Waals surface area contributed by atoms with Gasteiger partial charge in [-0.25, -0.2) is 0 Å². The molecule has 0 rings (SSSR count). The van der Waals surface area contributed by atoms with Gasteiger partial charge in [-0.1, -0.05) is 13.3 Å². The summed E-state index contributed by atoms with van der Waals surface area (Å²) in [6.07, 6.45) is 1.13. The van der Waals surface area contributed by atoms with E-state index in [-0.39, 0.29) is 0 Å². The van der Waals surface area contributed by atoms with Gasteiger partial charge in [-0.3, -0.25) is 0 Å². The summed E-state index contributed by atoms with van der Waals surface area (Å²) in [5.41, 5.74) is 0. The highest BCUT2D eigenvalue weighted by Gasteiger charge is 2.32. The second-order valence-electron chi connectivity index (χ2n) is 2.54. The van der Waals surface area contributed by atoms with Crippen molar-refractivity contribution >= 4 is 21.2 Å². The summed E-state index contributed by atoms with van der Waals surface area (Å²) in [5, 5.41) is 0. The molecule has 0 amide bonds. The van der Waals surface area contributed by atoms with Crippen LogP contribution in [-0.2, 0) is 8.85 Å². The highest BCUT2D eigenvalue weighted by Crippen LogP contribution is 2.19. The maximum absolute atomic E-state index is 5.44. The van der Waals surface area contributed by atoms with Crippen molar-refractivity contribution in [3.63, 3.8) is 0 Å². The molecular formula is C7H18O2SSi. The van der Waals surface area contributed by atoms with Crippen LogP contribution in [0, 0.1) is 0 Å². The van der Waals surface area contributed by atoms with Crippen LogP contribution >= 0.6 is 12.6 Å². The molecule has 0 saturated carbocycles. The van der Waals surface area contributed by atoms with E-state index in [4.69, 9.17) is 8.85 Å². The summed E-state index contributed by atoms with van der Waals surface area (Å²) in [4.78, 5) is 0. The minimum atomic E-state index is -1.82. The van der Waals surface area contributed by atoms with Gasteiger partial charge in [0.15, 0.2) is 0 Å². The molecule has 0 radical (unpaired) electrons. The lowest BCUT2D eigenvalue weighted by Gasteiger charge is -2.26. The zero-order chi connectivity index (χ0) is 8.74. The van der Waals surface area contributed by atoms with Crippen molar-refractivity contribution in [2.75, 3.05) is 20.0 Å². The Balaban J connectivity index is 3.96. The van der Waals surface area contributed by atoms with Crippen LogP contribution in [0.1, 0.15) is 13.3 Å². The molecule has 0 saturated heterocycles. The third kappa shape index (κ3) is 3.60. The van der Waals surface area contributed by atoms with Crippen molar-refractivity contribution in [3.8, 4) is 0 Å². The smallest absolute Gasteiger partial charge is 0.338 e. The lowest BCUT2D eigenvalue weighted by atomic mass is 10.6. The van der Waals surface area contributed by atoms with Gasteiger partial charge in [0.1, 0.15) is 0 Å². The van der Waals surface area contributed by atoms with Gasteiger partial charge in [0.25, 0.3) is 0 Å². The molecule has 0 aliphatic carbocycles. The molecule has 0 aromatic heterocycles. The Labute approximate surface area is 75.9 Å². The molecule has 0 aromatic rings. The summed E-state index contributed by atoms with van der Waals surface area (Å²) < 4.78 is 10.9. The van der Waals surface area contributed by atoms with Crippen LogP contribution in [-0.4, -0.2) is 28.5 Å². The van der Waals surface area contributed by atoms with Gasteiger partial charge in [0.05, 0.1) is 0 Å². The minimum Gasteiger partial charge on any atom is -0.398 e. The number of hydrogen-bond donors (Lipinski definition) is 1. The predicted molar refractivity (Wildman–Crippen MR) is 53.5 cm³/mol. The Bertz CT molecular complexity index is 88.4. The quantitative estimate of drug-likeness (QED) is 0.515. The first kappa shape index (κ1) is 11.5. The molecule has 0 spiro atoms. The molecule has 4 heteroatoms. The average molecular weight is 194 g/mol. The predicted octanol–water partition coefficient (Wildman–Crippen LogP) is 2.06. The van der Waals surface area contributed by atoms with Gasteiger partial charge in [0.2, 0.25) is 0 Å². The maximum atomic E-state index is 5.44. The fraction of sp³-hybridized carbons (Fsp3) is 1.00. The Morgan fingerprint density at radius 1 is 1.18 bits per heavy atom. The fourth-order valence-corrected chi connectivity index (χ4v) is 4.53. The van der Waals surface area contributed by atoms with Crippen molar-refractivity contribution < 1.29 is 8.85 Å². The Kier molecular flexibility index (Phi) is 6.32. The topological polar surface area (TPSA) is 18.5 Å². The van der Waals surface area contributed by atoms with Crippen molar-refractivity contribution in [1.29, 1.82) is 0 Å². The van der Waals surface area contributed by atoms with E-state index < -0.39 is 8.56 Å². The summed E-state index contributed by atoms with van der Waals surface area (Å²) in [6, 6.07) is 2.05. The van der Waals surface area contributed by atoms with Crippen molar-refractivity contribution in [3.05, 3.63) is 0 Å². The Morgan fingerprint density at radius 3 is 2.00 bits per heavy atom. The van der Waals surface area contributed by atoms with Crippen LogP contribution in [0.4, 0.5) is 0 Å². The molecule has 0 heterocycles. The molecule has 11 heavy (non-hydrogen) atoms. The molecule has 2 nitrogen and oxygen atoms in total. The molecule has 0 aromatic carbocycles. The first-order chi connectivity index (χ1) is 5.24. The number of thiol groups is 1. The van der Waals surface area contributed by atoms with Crippen molar-refractivity contribution in [2.24, 2.45) is 0 Å². The summed E-state index contributed by atoms with van der Waals surface area (Å²) in [6.45, 7) is 2.15. The van der Waals surface area contributed by atoms with Crippen molar-refractivity contribution in [2.45, 2.75) is 25.4 Å². The molecule has 0 unspecified atom stereocenters. The summed E-state index contributed by atoms with van der Waals surface area (Å²) >= 11 is 4.19. The highest BCUT2D eigenvalue weighted by atomic mass is 32.1. The lowest BCUT2D eigenvalue weighted by Crippen LogP contribution is -2.40. The zero-order valence-corrected chi connectivity index (χ0v) is 9.49. The second kappa shape index (κ2) is 6.05. The zero-order valence-electron chi connectivity index (χ0n) is 7.59. The van der Waals surface area contributed by atoms with Crippen LogP contribution < -0.4 is 0 Å². The van der Waals surface area contributed by atoms with Gasteiger partial charge >= 0.3 is 8.56 Å². The van der Waals surface area contributed by atoms with E-state index in [1.165, 1.54) is 0 Å². The SMILES string of the molecule is CCC[Si](CCS)(OC)OC. The van der Waals surface area contributed by atoms with Gasteiger partial charge in [-0.05, 0) is 17.8 Å². The van der Waals surface area contributed by atoms with E-state index in [0.717, 1.165) is 24.3 Å². The van der Waals surface area contributed by atoms with Crippen molar-refractivity contribution in [1.82, 2.24) is 0 Å². The number of rotatable bonds is 6. The molecule has 0 atom stereocenters. The Hall–Kier alpha value is 0.487. The van der Waals surface area contributed by atoms with Gasteiger partial charge in [-0.15, -0.1) is 0 Å². The van der Waals surface area contributed by atoms with E-state index in [2.05, 4.69) is 19.6 Å². The monoisotopic (exact) mass is 194 g/mol. The first-order valence-corrected chi connectivity index (χ1v) is 6.82. The second-order valence-corrected chi connectivity index (χ2v) is 6.63. The largest absolute Gasteiger partial charge is 0.398 e. The van der Waals surface area contributed by atoms with Gasteiger partial charge in [-0.2, -0.15) is 12.6 Å². The lowest BCUT2D eigenvalue weighted by molar-refractivity contribution is 0.243. The number of hydrogen-bond acceptors (Lipinski definition) is 3. The summed E-state index contributed by atoms with van der Waals surface area (Å²) in [7, 11) is 1.67. The van der Waals surface area contributed by atoms with Crippen LogP contribution in [0.2, 0.25) is 12.1 Å². The van der Waals surface area contributed by atoms with Crippen LogP contribution in [0.5, 0.6) is 0 Å². The molecule has 0 bridgehead atoms. The third-order valence-corrected chi connectivity index (χ3v) is 6.27. The van der Waals surface area contributed by atoms with E-state index in [1.807, 2.05) is 0 Å². The first-order valence-electron chi connectivity index (χ1n) is 3.96. The molecule has 68 valence electrons. The molecular weight excluding hydrogens is 176 g/mol. The minimum absolute atomic E-state index is 0.855. The molecule has 0 fully saturated rings. The molecule has 0 aliphatic rings. The fourth-order valence-electron chi connectivity index (χ4n) is 1.17. The van der Waals surface area contributed by atoms with E-state index in [1.54, 1.807) is 14.2 Å². The average Bonchev–Trinajstić information content (AvgIpc) is 2.04. The van der Waals surface area contributed by atoms with E-state index >= 15 is 0 Å². The van der Waals surface area contributed by atoms with E-state index in [9.17, 15) is 0 Å². The third-order valence-electron chi connectivity index (χ3n) is 1.87. The Morgan fingerprint density at radius 2 is 1.73 bits per heavy atom. The molecule has 0 aliphatic heterocycles. The van der Waals surface area contributed by atoms with Crippen LogP contribution in [0.25, 0.3) is 0 Å². The van der Waals surface area contributed by atoms with Gasteiger partial charge < -0.3 is 8.85 Å². The van der Waals surface area contributed by atoms with Crippen LogP contribution in [0.3, 0.4) is 0 Å². The standard InChI is InChI=1S/C7H18O2SSi/c1-4-6-11(8-2,9-3)7-5-10/h10H,4-7H2,1-3H3. The highest BCUT2D eigenvalue weighted by molar-refractivity contribution is 7.80. The van der Waals surface area contributed by atoms with E-state index in [0.29, 0.717) is 0 Å². The normalized spacial score (nSPS) is 12.0. The van der Waals surface area contributed by atoms with Gasteiger partial charge in [0, 0.05) is 14.2 Å². The summed E-state index contributed by atoms with van der Waals surface area (Å²) in [5.74, 6) is 0.855. The maximum Gasteiger partial charge on any atom is 0.338 e. The van der Waals surface area contributed by atoms with Crippen LogP contribution in [0.15, 0.2) is 0 Å². The molecule has 0 N–H and O–H groups in total.